The lowest BCUT2D eigenvalue weighted by atomic mass is 10.00. The Morgan fingerprint density at radius 2 is 1.95 bits per heavy atom. The van der Waals surface area contributed by atoms with Crippen molar-refractivity contribution in [1.82, 2.24) is 0 Å². The number of rotatable bonds is 1. The van der Waals surface area contributed by atoms with E-state index in [2.05, 4.69) is 36.1 Å². The highest BCUT2D eigenvalue weighted by Gasteiger charge is 2.19. The average Bonchev–Trinajstić information content (AvgIpc) is 2.42. The van der Waals surface area contributed by atoms with Gasteiger partial charge >= 0.3 is 0 Å². The molecule has 0 atom stereocenters. The maximum Gasteiger partial charge on any atom is 0.0656 e. The number of anilines is 3. The minimum absolute atomic E-state index is 0.628. The summed E-state index contributed by atoms with van der Waals surface area (Å²) in [6, 6.07) is 12.5. The molecular weight excluding hydrogens is 256 g/mol. The number of benzene rings is 2. The normalized spacial score (nSPS) is 14.3. The van der Waals surface area contributed by atoms with Gasteiger partial charge in [0.1, 0.15) is 0 Å². The number of hydrogen-bond acceptors (Lipinski definition) is 2. The smallest absolute Gasteiger partial charge is 0.0656 e. The van der Waals surface area contributed by atoms with Crippen LogP contribution in [0.25, 0.3) is 0 Å². The number of fused-ring (bicyclic) bond motifs is 1. The summed E-state index contributed by atoms with van der Waals surface area (Å²) in [6.07, 6.45) is 2.31. The van der Waals surface area contributed by atoms with E-state index in [0.29, 0.717) is 10.7 Å². The van der Waals surface area contributed by atoms with E-state index in [9.17, 15) is 0 Å². The van der Waals surface area contributed by atoms with Crippen LogP contribution in [0.2, 0.25) is 5.02 Å². The minimum Gasteiger partial charge on any atom is -0.398 e. The van der Waals surface area contributed by atoms with Crippen LogP contribution in [0.15, 0.2) is 36.4 Å². The van der Waals surface area contributed by atoms with Crippen LogP contribution in [-0.2, 0) is 6.42 Å². The zero-order chi connectivity index (χ0) is 13.4. The summed E-state index contributed by atoms with van der Waals surface area (Å²) in [5.41, 5.74) is 11.5. The second kappa shape index (κ2) is 4.78. The zero-order valence-corrected chi connectivity index (χ0v) is 11.7. The van der Waals surface area contributed by atoms with Crippen molar-refractivity contribution in [2.45, 2.75) is 19.8 Å². The van der Waals surface area contributed by atoms with Crippen LogP contribution in [0.1, 0.15) is 17.5 Å². The first-order chi connectivity index (χ1) is 9.16. The number of nitrogen functional groups attached to an aromatic ring is 1. The molecule has 19 heavy (non-hydrogen) atoms. The first-order valence-electron chi connectivity index (χ1n) is 6.58. The van der Waals surface area contributed by atoms with E-state index < -0.39 is 0 Å². The van der Waals surface area contributed by atoms with Gasteiger partial charge in [0.15, 0.2) is 0 Å². The van der Waals surface area contributed by atoms with E-state index in [0.717, 1.165) is 18.7 Å². The Bertz CT molecular complexity index is 622. The summed E-state index contributed by atoms with van der Waals surface area (Å²) in [5, 5.41) is 0.628. The molecule has 3 heteroatoms. The molecule has 0 unspecified atom stereocenters. The molecule has 2 N–H and O–H groups in total. The number of nitrogens with zero attached hydrogens (tertiary/aromatic N) is 1. The molecule has 0 bridgehead atoms. The van der Waals surface area contributed by atoms with Gasteiger partial charge in [-0.1, -0.05) is 29.8 Å². The van der Waals surface area contributed by atoms with E-state index in [-0.39, 0.29) is 0 Å². The predicted octanol–water partition coefficient (Wildman–Crippen LogP) is 4.31. The molecule has 2 aromatic rings. The summed E-state index contributed by atoms with van der Waals surface area (Å²) in [4.78, 5) is 2.35. The summed E-state index contributed by atoms with van der Waals surface area (Å²) >= 11 is 6.18. The first-order valence-corrected chi connectivity index (χ1v) is 6.95. The van der Waals surface area contributed by atoms with Gasteiger partial charge in [0.2, 0.25) is 0 Å². The van der Waals surface area contributed by atoms with Crippen LogP contribution in [0.4, 0.5) is 17.1 Å². The molecule has 1 aliphatic heterocycles. The largest absolute Gasteiger partial charge is 0.398 e. The summed E-state index contributed by atoms with van der Waals surface area (Å²) in [7, 11) is 0. The second-order valence-electron chi connectivity index (χ2n) is 5.04. The van der Waals surface area contributed by atoms with E-state index >= 15 is 0 Å². The third-order valence-corrected chi connectivity index (χ3v) is 4.04. The Labute approximate surface area is 118 Å². The van der Waals surface area contributed by atoms with Crippen LogP contribution in [0.3, 0.4) is 0 Å². The number of aryl methyl sites for hydroxylation is 2. The summed E-state index contributed by atoms with van der Waals surface area (Å²) in [5.74, 6) is 0. The first kappa shape index (κ1) is 12.4. The van der Waals surface area contributed by atoms with E-state index in [4.69, 9.17) is 17.3 Å². The van der Waals surface area contributed by atoms with E-state index in [1.165, 1.54) is 23.2 Å². The Hall–Kier alpha value is -1.67. The van der Waals surface area contributed by atoms with Crippen LogP contribution >= 0.6 is 11.6 Å². The number of para-hydroxylation sites is 1. The molecular formula is C16H17ClN2. The van der Waals surface area contributed by atoms with E-state index in [1.807, 2.05) is 12.1 Å². The fourth-order valence-corrected chi connectivity index (χ4v) is 2.93. The van der Waals surface area contributed by atoms with Crippen molar-refractivity contribution in [3.8, 4) is 0 Å². The second-order valence-corrected chi connectivity index (χ2v) is 5.45. The molecule has 0 saturated heterocycles. The van der Waals surface area contributed by atoms with Crippen molar-refractivity contribution < 1.29 is 0 Å². The van der Waals surface area contributed by atoms with Crippen LogP contribution in [-0.4, -0.2) is 6.54 Å². The molecule has 0 spiro atoms. The minimum atomic E-state index is 0.628. The lowest BCUT2D eigenvalue weighted by molar-refractivity contribution is 0.765. The van der Waals surface area contributed by atoms with Gasteiger partial charge in [0.25, 0.3) is 0 Å². The van der Waals surface area contributed by atoms with Gasteiger partial charge in [-0.3, -0.25) is 0 Å². The number of hydrogen-bond donors (Lipinski definition) is 1. The van der Waals surface area contributed by atoms with Crippen molar-refractivity contribution in [3.63, 3.8) is 0 Å². The average molecular weight is 273 g/mol. The van der Waals surface area contributed by atoms with Gasteiger partial charge < -0.3 is 10.6 Å². The van der Waals surface area contributed by atoms with E-state index in [1.54, 1.807) is 0 Å². The Morgan fingerprint density at radius 3 is 2.79 bits per heavy atom. The molecule has 0 saturated carbocycles. The maximum atomic E-state index is 6.18. The molecule has 0 amide bonds. The third-order valence-electron chi connectivity index (χ3n) is 3.72. The number of nitrogens with two attached hydrogens (primary N) is 1. The third kappa shape index (κ3) is 2.17. The Morgan fingerprint density at radius 1 is 1.16 bits per heavy atom. The molecule has 0 aromatic heterocycles. The van der Waals surface area contributed by atoms with Gasteiger partial charge in [-0.05, 0) is 49.1 Å². The van der Waals surface area contributed by atoms with Gasteiger partial charge in [0.05, 0.1) is 10.7 Å². The van der Waals surface area contributed by atoms with Crippen molar-refractivity contribution in [2.24, 2.45) is 0 Å². The Kier molecular flexibility index (Phi) is 3.11. The van der Waals surface area contributed by atoms with Gasteiger partial charge in [0, 0.05) is 17.9 Å². The zero-order valence-electron chi connectivity index (χ0n) is 11.0. The predicted molar refractivity (Wildman–Crippen MR) is 82.4 cm³/mol. The molecule has 2 aromatic carbocycles. The van der Waals surface area contributed by atoms with Crippen molar-refractivity contribution in [2.75, 3.05) is 17.2 Å². The molecule has 0 fully saturated rings. The number of halogens is 1. The van der Waals surface area contributed by atoms with Gasteiger partial charge in [-0.15, -0.1) is 0 Å². The SMILES string of the molecule is Cc1cc(N)c(Cl)cc1N1CCCc2ccccc21. The topological polar surface area (TPSA) is 29.3 Å². The highest BCUT2D eigenvalue weighted by Crippen LogP contribution is 2.37. The standard InChI is InChI=1S/C16H17ClN2/c1-11-9-14(18)13(17)10-16(11)19-8-4-6-12-5-2-3-7-15(12)19/h2-3,5,7,9-10H,4,6,8,18H2,1H3. The maximum absolute atomic E-state index is 6.18. The Balaban J connectivity index is 2.11. The summed E-state index contributed by atoms with van der Waals surface area (Å²) in [6.45, 7) is 3.11. The molecule has 98 valence electrons. The molecule has 3 rings (SSSR count). The van der Waals surface area contributed by atoms with Crippen molar-refractivity contribution in [3.05, 3.63) is 52.5 Å². The molecule has 2 nitrogen and oxygen atoms in total. The highest BCUT2D eigenvalue weighted by atomic mass is 35.5. The highest BCUT2D eigenvalue weighted by molar-refractivity contribution is 6.33. The lowest BCUT2D eigenvalue weighted by Crippen LogP contribution is -2.25. The molecule has 1 aliphatic rings. The van der Waals surface area contributed by atoms with Crippen LogP contribution in [0, 0.1) is 6.92 Å². The van der Waals surface area contributed by atoms with Gasteiger partial charge in [-0.25, -0.2) is 0 Å². The summed E-state index contributed by atoms with van der Waals surface area (Å²) < 4.78 is 0. The molecule has 0 radical (unpaired) electrons. The quantitative estimate of drug-likeness (QED) is 0.784. The van der Waals surface area contributed by atoms with Crippen LogP contribution < -0.4 is 10.6 Å². The van der Waals surface area contributed by atoms with Crippen LogP contribution in [0.5, 0.6) is 0 Å². The fourth-order valence-electron chi connectivity index (χ4n) is 2.77. The fraction of sp³-hybridized carbons (Fsp3) is 0.250. The van der Waals surface area contributed by atoms with Crippen molar-refractivity contribution >= 4 is 28.7 Å². The molecule has 1 heterocycles. The van der Waals surface area contributed by atoms with Crippen molar-refractivity contribution in [1.29, 1.82) is 0 Å². The molecule has 0 aliphatic carbocycles. The lowest BCUT2D eigenvalue weighted by Gasteiger charge is -2.32. The van der Waals surface area contributed by atoms with Gasteiger partial charge in [-0.2, -0.15) is 0 Å². The monoisotopic (exact) mass is 272 g/mol.